The topological polar surface area (TPSA) is 44.8 Å². The highest BCUT2D eigenvalue weighted by molar-refractivity contribution is 6.30. The van der Waals surface area contributed by atoms with Gasteiger partial charge in [0.2, 0.25) is 6.79 Å². The molecule has 0 spiro atoms. The quantitative estimate of drug-likeness (QED) is 0.410. The average Bonchev–Trinajstić information content (AvgIpc) is 3.45. The van der Waals surface area contributed by atoms with Crippen LogP contribution in [-0.2, 0) is 16.6 Å². The maximum Gasteiger partial charge on any atom is 0.573 e. The Morgan fingerprint density at radius 2 is 1.70 bits per heavy atom. The Morgan fingerprint density at radius 1 is 0.970 bits per heavy atom. The van der Waals surface area contributed by atoms with Gasteiger partial charge in [-0.1, -0.05) is 35.9 Å². The summed E-state index contributed by atoms with van der Waals surface area (Å²) in [4.78, 5) is 13.3. The summed E-state index contributed by atoms with van der Waals surface area (Å²) >= 11 is 5.92. The molecular formula is C25H18ClF3O4. The van der Waals surface area contributed by atoms with Crippen LogP contribution in [0.15, 0.2) is 60.7 Å². The zero-order chi connectivity index (χ0) is 23.2. The zero-order valence-electron chi connectivity index (χ0n) is 17.2. The monoisotopic (exact) mass is 474 g/mol. The van der Waals surface area contributed by atoms with Crippen LogP contribution in [0.5, 0.6) is 17.2 Å². The van der Waals surface area contributed by atoms with E-state index in [0.29, 0.717) is 40.5 Å². The van der Waals surface area contributed by atoms with E-state index in [1.165, 1.54) is 12.1 Å². The predicted molar refractivity (Wildman–Crippen MR) is 116 cm³/mol. The van der Waals surface area contributed by atoms with Gasteiger partial charge >= 0.3 is 6.36 Å². The Balaban J connectivity index is 1.44. The van der Waals surface area contributed by atoms with Crippen LogP contribution in [0.25, 0.3) is 11.1 Å². The van der Waals surface area contributed by atoms with E-state index in [2.05, 4.69) is 4.74 Å². The summed E-state index contributed by atoms with van der Waals surface area (Å²) in [7, 11) is 0. The second-order valence-electron chi connectivity index (χ2n) is 8.14. The van der Waals surface area contributed by atoms with Crippen LogP contribution in [0, 0.1) is 0 Å². The molecule has 3 aromatic carbocycles. The summed E-state index contributed by atoms with van der Waals surface area (Å²) in [5.41, 5.74) is 1.60. The largest absolute Gasteiger partial charge is 0.573 e. The molecule has 0 bridgehead atoms. The average molecular weight is 475 g/mol. The number of carbonyl (C=O) groups is 1. The molecule has 0 atom stereocenters. The molecule has 2 aliphatic rings. The predicted octanol–water partition coefficient (Wildman–Crippen LogP) is 6.48. The van der Waals surface area contributed by atoms with Crippen molar-refractivity contribution in [1.29, 1.82) is 0 Å². The van der Waals surface area contributed by atoms with Crippen LogP contribution in [-0.4, -0.2) is 18.9 Å². The van der Waals surface area contributed by atoms with Gasteiger partial charge in [-0.2, -0.15) is 0 Å². The van der Waals surface area contributed by atoms with E-state index in [-0.39, 0.29) is 30.3 Å². The van der Waals surface area contributed by atoms with Gasteiger partial charge in [-0.15, -0.1) is 13.2 Å². The normalized spacial score (nSPS) is 15.9. The highest BCUT2D eigenvalue weighted by atomic mass is 35.5. The Bertz CT molecular complexity index is 1220. The van der Waals surface area contributed by atoms with Crippen molar-refractivity contribution >= 4 is 17.4 Å². The number of Topliss-reactive ketones (excluding diaryl/α,β-unsaturated/α-hetero) is 1. The molecule has 1 heterocycles. The lowest BCUT2D eigenvalue weighted by Gasteiger charge is -2.17. The lowest BCUT2D eigenvalue weighted by Crippen LogP contribution is -2.22. The van der Waals surface area contributed by atoms with Gasteiger partial charge < -0.3 is 14.2 Å². The van der Waals surface area contributed by atoms with Crippen LogP contribution in [0.2, 0.25) is 5.02 Å². The maximum absolute atomic E-state index is 13.3. The third-order valence-corrected chi connectivity index (χ3v) is 6.25. The molecule has 33 heavy (non-hydrogen) atoms. The fraction of sp³-hybridized carbons (Fsp3) is 0.240. The zero-order valence-corrected chi connectivity index (χ0v) is 18.0. The minimum atomic E-state index is -4.84. The van der Waals surface area contributed by atoms with E-state index < -0.39 is 11.8 Å². The smallest absolute Gasteiger partial charge is 0.454 e. The second-order valence-corrected chi connectivity index (χ2v) is 8.57. The Hall–Kier alpha value is -3.19. The van der Waals surface area contributed by atoms with E-state index in [4.69, 9.17) is 21.1 Å². The SMILES string of the molecule is O=C(Cc1ccc(OC(F)(F)F)c(-c2ccc(Cl)cc2)c1)C1(c2ccc3c(c2)OCO3)CC1. The Morgan fingerprint density at radius 3 is 2.39 bits per heavy atom. The highest BCUT2D eigenvalue weighted by Crippen LogP contribution is 2.51. The molecular weight excluding hydrogens is 457 g/mol. The minimum Gasteiger partial charge on any atom is -0.454 e. The van der Waals surface area contributed by atoms with Gasteiger partial charge in [0.05, 0.1) is 5.41 Å². The summed E-state index contributed by atoms with van der Waals surface area (Å²) in [6.45, 7) is 0.152. The van der Waals surface area contributed by atoms with E-state index in [9.17, 15) is 18.0 Å². The van der Waals surface area contributed by atoms with Crippen molar-refractivity contribution in [1.82, 2.24) is 0 Å². The molecule has 0 saturated heterocycles. The van der Waals surface area contributed by atoms with Crippen LogP contribution in [0.1, 0.15) is 24.0 Å². The lowest BCUT2D eigenvalue weighted by atomic mass is 9.87. The summed E-state index contributed by atoms with van der Waals surface area (Å²) in [5, 5.41) is 0.461. The number of hydrogen-bond acceptors (Lipinski definition) is 4. The Kier molecular flexibility index (Phi) is 5.24. The molecule has 1 fully saturated rings. The van der Waals surface area contributed by atoms with Crippen LogP contribution >= 0.6 is 11.6 Å². The molecule has 8 heteroatoms. The Labute approximate surface area is 192 Å². The molecule has 0 N–H and O–H groups in total. The highest BCUT2D eigenvalue weighted by Gasteiger charge is 2.50. The first-order chi connectivity index (χ1) is 15.7. The second kappa shape index (κ2) is 7.99. The molecule has 0 radical (unpaired) electrons. The molecule has 5 rings (SSSR count). The van der Waals surface area contributed by atoms with Gasteiger partial charge in [-0.25, -0.2) is 0 Å². The third kappa shape index (κ3) is 4.37. The van der Waals surface area contributed by atoms with Crippen molar-refractivity contribution in [3.63, 3.8) is 0 Å². The first kappa shape index (κ1) is 21.6. The number of alkyl halides is 3. The van der Waals surface area contributed by atoms with E-state index in [1.54, 1.807) is 36.4 Å². The molecule has 0 unspecified atom stereocenters. The van der Waals surface area contributed by atoms with Gasteiger partial charge in [0.1, 0.15) is 11.5 Å². The minimum absolute atomic E-state index is 0.00733. The summed E-state index contributed by atoms with van der Waals surface area (Å²) in [6.07, 6.45) is -3.33. The van der Waals surface area contributed by atoms with Gasteiger partial charge in [-0.3, -0.25) is 4.79 Å². The number of benzene rings is 3. The number of ketones is 1. The van der Waals surface area contributed by atoms with Gasteiger partial charge in [0.15, 0.2) is 11.5 Å². The first-order valence-electron chi connectivity index (χ1n) is 10.3. The van der Waals surface area contributed by atoms with Crippen LogP contribution < -0.4 is 14.2 Å². The molecule has 3 aromatic rings. The molecule has 1 saturated carbocycles. The summed E-state index contributed by atoms with van der Waals surface area (Å²) < 4.78 is 53.8. The number of carbonyl (C=O) groups excluding carboxylic acids is 1. The summed E-state index contributed by atoms with van der Waals surface area (Å²) in [6, 6.07) is 16.2. The number of ether oxygens (including phenoxy) is 3. The molecule has 1 aliphatic heterocycles. The maximum atomic E-state index is 13.3. The number of rotatable bonds is 6. The van der Waals surface area contributed by atoms with E-state index >= 15 is 0 Å². The molecule has 170 valence electrons. The van der Waals surface area contributed by atoms with Crippen molar-refractivity contribution < 1.29 is 32.2 Å². The van der Waals surface area contributed by atoms with Gasteiger partial charge in [0, 0.05) is 17.0 Å². The molecule has 0 aromatic heterocycles. The summed E-state index contributed by atoms with van der Waals surface area (Å²) in [5.74, 6) is 0.936. The fourth-order valence-electron chi connectivity index (χ4n) is 4.16. The van der Waals surface area contributed by atoms with Crippen molar-refractivity contribution in [3.8, 4) is 28.4 Å². The number of hydrogen-bond donors (Lipinski definition) is 0. The van der Waals surface area contributed by atoms with Crippen molar-refractivity contribution in [2.24, 2.45) is 0 Å². The number of fused-ring (bicyclic) bond motifs is 1. The van der Waals surface area contributed by atoms with Crippen LogP contribution in [0.3, 0.4) is 0 Å². The molecule has 1 aliphatic carbocycles. The van der Waals surface area contributed by atoms with Crippen molar-refractivity contribution in [2.45, 2.75) is 31.0 Å². The van der Waals surface area contributed by atoms with Crippen molar-refractivity contribution in [3.05, 3.63) is 76.8 Å². The fourth-order valence-corrected chi connectivity index (χ4v) is 4.28. The standard InChI is InChI=1S/C25H18ClF3O4/c26-18-5-2-16(3-6-18)19-11-15(1-7-20(19)33-25(27,28)29)12-23(30)24(9-10-24)17-4-8-21-22(13-17)32-14-31-21/h1-8,11,13H,9-10,12,14H2. The third-order valence-electron chi connectivity index (χ3n) is 6.00. The lowest BCUT2D eigenvalue weighted by molar-refractivity contribution is -0.274. The van der Waals surface area contributed by atoms with E-state index in [1.807, 2.05) is 12.1 Å². The molecule has 0 amide bonds. The van der Waals surface area contributed by atoms with E-state index in [0.717, 1.165) is 5.56 Å². The van der Waals surface area contributed by atoms with Gasteiger partial charge in [-0.05, 0) is 65.9 Å². The van der Waals surface area contributed by atoms with Crippen LogP contribution in [0.4, 0.5) is 13.2 Å². The molecule has 4 nitrogen and oxygen atoms in total. The number of halogens is 4. The van der Waals surface area contributed by atoms with Gasteiger partial charge in [0.25, 0.3) is 0 Å². The first-order valence-corrected chi connectivity index (χ1v) is 10.7. The van der Waals surface area contributed by atoms with Crippen molar-refractivity contribution in [2.75, 3.05) is 6.79 Å².